The van der Waals surface area contributed by atoms with Gasteiger partial charge in [-0.15, -0.1) is 0 Å². The molecule has 0 aliphatic carbocycles. The number of hydrogen-bond donors (Lipinski definition) is 3. The van der Waals surface area contributed by atoms with Crippen molar-refractivity contribution in [1.82, 2.24) is 0 Å². The number of rotatable bonds is 62. The Bertz CT molecular complexity index is 1680. The molecule has 0 saturated carbocycles. The highest BCUT2D eigenvalue weighted by atomic mass is 31.2. The lowest BCUT2D eigenvalue weighted by atomic mass is 10.0. The summed E-state index contributed by atoms with van der Waals surface area (Å²) in [5.74, 6) is -2.17. The second-order valence-corrected chi connectivity index (χ2v) is 25.0. The number of phosphoric ester groups is 2. The Hall–Kier alpha value is -2.46. The van der Waals surface area contributed by atoms with Gasteiger partial charge in [-0.2, -0.15) is 0 Å². The minimum absolute atomic E-state index is 0.0855. The topological polar surface area (TPSA) is 237 Å². The monoisotopic (exact) mass is 1210 g/mol. The van der Waals surface area contributed by atoms with Crippen LogP contribution in [0.3, 0.4) is 0 Å². The lowest BCUT2D eigenvalue weighted by Gasteiger charge is -2.21. The van der Waals surface area contributed by atoms with Gasteiger partial charge in [0.25, 0.3) is 0 Å². The summed E-state index contributed by atoms with van der Waals surface area (Å²) in [6, 6.07) is 0. The molecule has 0 aromatic carbocycles. The maximum absolute atomic E-state index is 13.0. The number of esters is 4. The van der Waals surface area contributed by atoms with E-state index in [1.807, 2.05) is 0 Å². The molecule has 2 unspecified atom stereocenters. The van der Waals surface area contributed by atoms with Gasteiger partial charge in [-0.25, -0.2) is 9.13 Å². The van der Waals surface area contributed by atoms with Crippen LogP contribution in [0.15, 0.2) is 24.3 Å². The number of carbonyl (C=O) groups excluding carboxylic acids is 4. The quantitative estimate of drug-likeness (QED) is 0.0169. The van der Waals surface area contributed by atoms with Crippen LogP contribution in [0.4, 0.5) is 0 Å². The van der Waals surface area contributed by atoms with Gasteiger partial charge in [0.1, 0.15) is 19.3 Å². The van der Waals surface area contributed by atoms with Gasteiger partial charge in [-0.05, 0) is 51.4 Å². The van der Waals surface area contributed by atoms with Gasteiger partial charge in [0.05, 0.1) is 26.4 Å². The van der Waals surface area contributed by atoms with E-state index in [-0.39, 0.29) is 25.7 Å². The van der Waals surface area contributed by atoms with Crippen LogP contribution in [-0.4, -0.2) is 96.7 Å². The molecule has 0 aliphatic heterocycles. The van der Waals surface area contributed by atoms with Gasteiger partial charge in [0.15, 0.2) is 12.2 Å². The summed E-state index contributed by atoms with van der Waals surface area (Å²) in [5, 5.41) is 10.5. The lowest BCUT2D eigenvalue weighted by molar-refractivity contribution is -0.161. The molecular formula is C63H118O17P2. The van der Waals surface area contributed by atoms with Crippen LogP contribution >= 0.6 is 15.6 Å². The van der Waals surface area contributed by atoms with Crippen LogP contribution in [0.1, 0.15) is 297 Å². The van der Waals surface area contributed by atoms with Gasteiger partial charge in [-0.1, -0.05) is 245 Å². The van der Waals surface area contributed by atoms with E-state index in [4.69, 9.17) is 37.0 Å². The molecule has 0 fully saturated rings. The Kier molecular flexibility index (Phi) is 55.9. The summed E-state index contributed by atoms with van der Waals surface area (Å²) in [5.41, 5.74) is 0. The Balaban J connectivity index is 5.22. The zero-order valence-electron chi connectivity index (χ0n) is 51.9. The number of aliphatic hydroxyl groups is 1. The van der Waals surface area contributed by atoms with Crippen LogP contribution in [0.25, 0.3) is 0 Å². The maximum atomic E-state index is 13.0. The molecular weight excluding hydrogens is 1090 g/mol. The summed E-state index contributed by atoms with van der Waals surface area (Å²) in [6.07, 6.45) is 45.5. The Morgan fingerprint density at radius 1 is 0.341 bits per heavy atom. The number of aliphatic hydroxyl groups excluding tert-OH is 1. The van der Waals surface area contributed by atoms with E-state index >= 15 is 0 Å². The van der Waals surface area contributed by atoms with Crippen LogP contribution in [0, 0.1) is 0 Å². The van der Waals surface area contributed by atoms with E-state index in [9.17, 15) is 43.2 Å². The molecule has 17 nitrogen and oxygen atoms in total. The summed E-state index contributed by atoms with van der Waals surface area (Å²) >= 11 is 0. The van der Waals surface area contributed by atoms with Gasteiger partial charge < -0.3 is 33.8 Å². The molecule has 482 valence electrons. The smallest absolute Gasteiger partial charge is 0.462 e. The maximum Gasteiger partial charge on any atom is 0.472 e. The standard InChI is InChI=1S/C63H118O17P2/c1-5-9-13-17-21-23-25-27-28-30-32-34-38-42-46-50-63(68)80-59(54-74-61(66)48-44-40-37-33-31-29-26-24-22-18-14-10-6-2)56-78-82(71,72)76-52-57(64)51-75-81(69,70)77-55-58(79-62(67)49-45-41-36-20-16-12-8-4)53-73-60(65)47-43-39-35-19-15-11-7-3/h23,25,27-28,57-59,64H,5-22,24,26,29-56H2,1-4H3,(H,69,70)(H,71,72)/b25-23-,28-27-/t57-,58+,59+/m0/s1. The zero-order valence-corrected chi connectivity index (χ0v) is 53.7. The highest BCUT2D eigenvalue weighted by Crippen LogP contribution is 2.45. The predicted molar refractivity (Wildman–Crippen MR) is 326 cm³/mol. The molecule has 82 heavy (non-hydrogen) atoms. The second-order valence-electron chi connectivity index (χ2n) is 22.1. The molecule has 5 atom stereocenters. The SMILES string of the molecule is CCCCCC/C=C\C=C/CCCCCCCC(=O)O[C@H](COC(=O)CCCCCCCCCCCCCCC)COP(=O)(O)OC[C@@H](O)COP(=O)(O)OC[C@@H](COC(=O)CCCCCCCCC)OC(=O)CCCCCCCCC. The molecule has 0 aliphatic rings. The average Bonchev–Trinajstić information content (AvgIpc) is 3.45. The molecule has 0 bridgehead atoms. The first kappa shape index (κ1) is 79.5. The molecule has 0 heterocycles. The first-order valence-corrected chi connectivity index (χ1v) is 35.6. The normalized spacial score (nSPS) is 14.4. The van der Waals surface area contributed by atoms with Crippen LogP contribution in [0.2, 0.25) is 0 Å². The van der Waals surface area contributed by atoms with Gasteiger partial charge in [-0.3, -0.25) is 37.3 Å². The van der Waals surface area contributed by atoms with Crippen molar-refractivity contribution in [2.75, 3.05) is 39.6 Å². The molecule has 0 aromatic heterocycles. The molecule has 0 aromatic rings. The fourth-order valence-corrected chi connectivity index (χ4v) is 10.5. The lowest BCUT2D eigenvalue weighted by Crippen LogP contribution is -2.30. The second kappa shape index (κ2) is 57.6. The fourth-order valence-electron chi connectivity index (χ4n) is 8.92. The third-order valence-electron chi connectivity index (χ3n) is 14.0. The van der Waals surface area contributed by atoms with Crippen molar-refractivity contribution in [3.8, 4) is 0 Å². The van der Waals surface area contributed by atoms with E-state index in [0.717, 1.165) is 128 Å². The molecule has 19 heteroatoms. The van der Waals surface area contributed by atoms with E-state index in [1.165, 1.54) is 89.9 Å². The predicted octanol–water partition coefficient (Wildman–Crippen LogP) is 17.1. The number of carbonyl (C=O) groups is 4. The summed E-state index contributed by atoms with van der Waals surface area (Å²) in [4.78, 5) is 71.9. The molecule has 0 amide bonds. The van der Waals surface area contributed by atoms with Crippen molar-refractivity contribution in [3.05, 3.63) is 24.3 Å². The minimum Gasteiger partial charge on any atom is -0.462 e. The van der Waals surface area contributed by atoms with E-state index in [0.29, 0.717) is 25.7 Å². The zero-order chi connectivity index (χ0) is 60.5. The Morgan fingerprint density at radius 2 is 0.585 bits per heavy atom. The fraction of sp³-hybridized carbons (Fsp3) is 0.873. The number of ether oxygens (including phenoxy) is 4. The van der Waals surface area contributed by atoms with E-state index < -0.39 is 97.5 Å². The Morgan fingerprint density at radius 3 is 0.890 bits per heavy atom. The van der Waals surface area contributed by atoms with Crippen molar-refractivity contribution >= 4 is 39.5 Å². The van der Waals surface area contributed by atoms with Crippen molar-refractivity contribution < 1.29 is 80.2 Å². The molecule has 0 rings (SSSR count). The van der Waals surface area contributed by atoms with Gasteiger partial charge in [0, 0.05) is 25.7 Å². The van der Waals surface area contributed by atoms with Crippen molar-refractivity contribution in [3.63, 3.8) is 0 Å². The van der Waals surface area contributed by atoms with Crippen molar-refractivity contribution in [1.29, 1.82) is 0 Å². The molecule has 3 N–H and O–H groups in total. The van der Waals surface area contributed by atoms with Crippen LogP contribution in [0.5, 0.6) is 0 Å². The van der Waals surface area contributed by atoms with Crippen molar-refractivity contribution in [2.24, 2.45) is 0 Å². The van der Waals surface area contributed by atoms with E-state index in [2.05, 4.69) is 52.0 Å². The number of allylic oxidation sites excluding steroid dienone is 4. The highest BCUT2D eigenvalue weighted by molar-refractivity contribution is 7.47. The summed E-state index contributed by atoms with van der Waals surface area (Å²) in [7, 11) is -9.89. The van der Waals surface area contributed by atoms with Crippen LogP contribution in [-0.2, 0) is 65.4 Å². The first-order valence-electron chi connectivity index (χ1n) is 32.6. The summed E-state index contributed by atoms with van der Waals surface area (Å²) < 4.78 is 67.7. The van der Waals surface area contributed by atoms with Gasteiger partial charge >= 0.3 is 39.5 Å². The van der Waals surface area contributed by atoms with E-state index in [1.54, 1.807) is 0 Å². The third kappa shape index (κ3) is 56.7. The van der Waals surface area contributed by atoms with Crippen molar-refractivity contribution in [2.45, 2.75) is 316 Å². The molecule has 0 spiro atoms. The number of phosphoric acid groups is 2. The third-order valence-corrected chi connectivity index (χ3v) is 15.9. The van der Waals surface area contributed by atoms with Gasteiger partial charge in [0.2, 0.25) is 0 Å². The Labute approximate surface area is 497 Å². The highest BCUT2D eigenvalue weighted by Gasteiger charge is 2.30. The summed E-state index contributed by atoms with van der Waals surface area (Å²) in [6.45, 7) is 4.74. The number of hydrogen-bond acceptors (Lipinski definition) is 15. The van der Waals surface area contributed by atoms with Crippen LogP contribution < -0.4 is 0 Å². The minimum atomic E-state index is -4.95. The number of unbranched alkanes of at least 4 members (excludes halogenated alkanes) is 33. The first-order chi connectivity index (χ1) is 39.7. The molecule has 0 radical (unpaired) electrons. The molecule has 0 saturated heterocycles. The largest absolute Gasteiger partial charge is 0.472 e. The average molecular weight is 1210 g/mol.